The molecule has 1 aliphatic heterocycles. The van der Waals surface area contributed by atoms with Crippen LogP contribution >= 0.6 is 0 Å². The predicted octanol–water partition coefficient (Wildman–Crippen LogP) is 2.03. The molecule has 1 aromatic carbocycles. The molecule has 110 valence electrons. The first-order valence-corrected chi connectivity index (χ1v) is 7.00. The summed E-state index contributed by atoms with van der Waals surface area (Å²) >= 11 is 0. The fourth-order valence-corrected chi connectivity index (χ4v) is 2.43. The summed E-state index contributed by atoms with van der Waals surface area (Å²) in [7, 11) is 1.60. The minimum absolute atomic E-state index is 0.00242. The van der Waals surface area contributed by atoms with Crippen LogP contribution in [0.15, 0.2) is 18.2 Å². The van der Waals surface area contributed by atoms with Crippen molar-refractivity contribution < 1.29 is 14.3 Å². The topological polar surface area (TPSA) is 59.6 Å². The monoisotopic (exact) mass is 278 g/mol. The fourth-order valence-electron chi connectivity index (χ4n) is 2.43. The molecule has 0 aromatic heterocycles. The number of amides is 1. The van der Waals surface area contributed by atoms with Crippen LogP contribution in [0.1, 0.15) is 20.3 Å². The van der Waals surface area contributed by atoms with Gasteiger partial charge in [0.05, 0.1) is 19.8 Å². The molecule has 2 N–H and O–H groups in total. The maximum Gasteiger partial charge on any atom is 0.241 e. The van der Waals surface area contributed by atoms with E-state index in [2.05, 4.69) is 17.6 Å². The Hall–Kier alpha value is -1.75. The van der Waals surface area contributed by atoms with Crippen LogP contribution < -0.4 is 20.1 Å². The Kier molecular flexibility index (Phi) is 4.84. The van der Waals surface area contributed by atoms with Crippen molar-refractivity contribution in [1.82, 2.24) is 5.32 Å². The van der Waals surface area contributed by atoms with Gasteiger partial charge in [0, 0.05) is 11.8 Å². The number of ether oxygens (including phenoxy) is 2. The number of methoxy groups -OCH3 is 1. The third-order valence-corrected chi connectivity index (χ3v) is 3.55. The molecule has 1 amide bonds. The van der Waals surface area contributed by atoms with Crippen molar-refractivity contribution in [3.05, 3.63) is 18.2 Å². The summed E-state index contributed by atoms with van der Waals surface area (Å²) in [5, 5.41) is 6.15. The van der Waals surface area contributed by atoms with Crippen LogP contribution in [-0.2, 0) is 4.79 Å². The summed E-state index contributed by atoms with van der Waals surface area (Å²) in [4.78, 5) is 12.2. The largest absolute Gasteiger partial charge is 0.493 e. The van der Waals surface area contributed by atoms with E-state index in [0.717, 1.165) is 18.7 Å². The van der Waals surface area contributed by atoms with Gasteiger partial charge in [0.25, 0.3) is 0 Å². The molecule has 1 aromatic rings. The molecule has 2 rings (SSSR count). The Balaban J connectivity index is 2.09. The second kappa shape index (κ2) is 6.61. The van der Waals surface area contributed by atoms with Gasteiger partial charge in [-0.05, 0) is 37.9 Å². The van der Waals surface area contributed by atoms with E-state index >= 15 is 0 Å². The molecule has 0 radical (unpaired) electrons. The first-order chi connectivity index (χ1) is 9.65. The highest BCUT2D eigenvalue weighted by Crippen LogP contribution is 2.30. The van der Waals surface area contributed by atoms with Gasteiger partial charge >= 0.3 is 0 Å². The van der Waals surface area contributed by atoms with Crippen molar-refractivity contribution in [3.8, 4) is 11.5 Å². The second-order valence-electron chi connectivity index (χ2n) is 4.99. The average Bonchev–Trinajstić information content (AvgIpc) is 2.86. The van der Waals surface area contributed by atoms with E-state index in [9.17, 15) is 4.79 Å². The highest BCUT2D eigenvalue weighted by atomic mass is 16.5. The number of nitrogens with one attached hydrogen (secondary N) is 2. The number of carbonyl (C=O) groups is 1. The summed E-state index contributed by atoms with van der Waals surface area (Å²) in [5.74, 6) is 1.67. The lowest BCUT2D eigenvalue weighted by Crippen LogP contribution is -2.39. The zero-order valence-electron chi connectivity index (χ0n) is 12.2. The van der Waals surface area contributed by atoms with Crippen LogP contribution in [0, 0.1) is 5.92 Å². The Morgan fingerprint density at radius 1 is 1.45 bits per heavy atom. The van der Waals surface area contributed by atoms with E-state index in [4.69, 9.17) is 9.47 Å². The maximum absolute atomic E-state index is 12.2. The number of hydrogen-bond acceptors (Lipinski definition) is 4. The molecule has 5 nitrogen and oxygen atoms in total. The minimum Gasteiger partial charge on any atom is -0.493 e. The molecule has 0 aliphatic carbocycles. The van der Waals surface area contributed by atoms with E-state index in [1.807, 2.05) is 13.0 Å². The van der Waals surface area contributed by atoms with Crippen molar-refractivity contribution in [2.45, 2.75) is 26.3 Å². The zero-order valence-corrected chi connectivity index (χ0v) is 12.2. The van der Waals surface area contributed by atoms with Gasteiger partial charge in [-0.3, -0.25) is 4.79 Å². The van der Waals surface area contributed by atoms with Crippen molar-refractivity contribution in [1.29, 1.82) is 0 Å². The highest BCUT2D eigenvalue weighted by Gasteiger charge is 2.29. The van der Waals surface area contributed by atoms with Gasteiger partial charge < -0.3 is 20.1 Å². The van der Waals surface area contributed by atoms with E-state index in [-0.39, 0.29) is 11.9 Å². The zero-order chi connectivity index (χ0) is 14.5. The van der Waals surface area contributed by atoms with Crippen LogP contribution in [0.5, 0.6) is 11.5 Å². The lowest BCUT2D eigenvalue weighted by molar-refractivity contribution is -0.118. The van der Waals surface area contributed by atoms with Gasteiger partial charge in [-0.1, -0.05) is 6.92 Å². The number of carbonyl (C=O) groups excluding carboxylic acids is 1. The van der Waals surface area contributed by atoms with Crippen molar-refractivity contribution in [2.24, 2.45) is 5.92 Å². The first kappa shape index (κ1) is 14.7. The van der Waals surface area contributed by atoms with Crippen molar-refractivity contribution in [2.75, 3.05) is 25.6 Å². The quantitative estimate of drug-likeness (QED) is 0.865. The SMILES string of the molecule is CCOc1cc(NC(=O)C2NCCC2C)ccc1OC. The molecular formula is C15H22N2O3. The predicted molar refractivity (Wildman–Crippen MR) is 78.4 cm³/mol. The lowest BCUT2D eigenvalue weighted by Gasteiger charge is -2.16. The van der Waals surface area contributed by atoms with Gasteiger partial charge in [0.1, 0.15) is 0 Å². The minimum atomic E-state index is -0.118. The standard InChI is InChI=1S/C15H22N2O3/c1-4-20-13-9-11(5-6-12(13)19-3)17-15(18)14-10(2)7-8-16-14/h5-6,9-10,14,16H,4,7-8H2,1-3H3,(H,17,18). The normalized spacial score (nSPS) is 21.6. The van der Waals surface area contributed by atoms with Gasteiger partial charge in [-0.25, -0.2) is 0 Å². The van der Waals surface area contributed by atoms with Gasteiger partial charge in [-0.15, -0.1) is 0 Å². The Morgan fingerprint density at radius 2 is 2.25 bits per heavy atom. The van der Waals surface area contributed by atoms with Crippen LogP contribution in [0.3, 0.4) is 0 Å². The smallest absolute Gasteiger partial charge is 0.241 e. The van der Waals surface area contributed by atoms with Crippen LogP contribution in [-0.4, -0.2) is 32.2 Å². The summed E-state index contributed by atoms with van der Waals surface area (Å²) in [6.45, 7) is 5.44. The number of anilines is 1. The molecule has 20 heavy (non-hydrogen) atoms. The molecule has 1 aliphatic rings. The molecule has 5 heteroatoms. The van der Waals surface area contributed by atoms with E-state index in [1.54, 1.807) is 19.2 Å². The molecule has 0 spiro atoms. The third kappa shape index (κ3) is 3.22. The van der Waals surface area contributed by atoms with Crippen molar-refractivity contribution in [3.63, 3.8) is 0 Å². The number of hydrogen-bond donors (Lipinski definition) is 2. The number of rotatable bonds is 5. The number of benzene rings is 1. The molecule has 2 atom stereocenters. The molecule has 1 heterocycles. The second-order valence-corrected chi connectivity index (χ2v) is 4.99. The Morgan fingerprint density at radius 3 is 2.85 bits per heavy atom. The Labute approximate surface area is 119 Å². The molecule has 1 fully saturated rings. The fraction of sp³-hybridized carbons (Fsp3) is 0.533. The summed E-state index contributed by atoms with van der Waals surface area (Å²) in [5.41, 5.74) is 0.722. The van der Waals surface area contributed by atoms with Crippen LogP contribution in [0.4, 0.5) is 5.69 Å². The molecule has 1 saturated heterocycles. The van der Waals surface area contributed by atoms with Crippen molar-refractivity contribution >= 4 is 11.6 Å². The van der Waals surface area contributed by atoms with Gasteiger partial charge in [0.2, 0.25) is 5.91 Å². The first-order valence-electron chi connectivity index (χ1n) is 7.00. The van der Waals surface area contributed by atoms with E-state index in [0.29, 0.717) is 24.0 Å². The van der Waals surface area contributed by atoms with E-state index in [1.165, 1.54) is 0 Å². The Bertz CT molecular complexity index is 476. The lowest BCUT2D eigenvalue weighted by atomic mass is 10.0. The highest BCUT2D eigenvalue weighted by molar-refractivity contribution is 5.95. The average molecular weight is 278 g/mol. The molecule has 0 bridgehead atoms. The summed E-state index contributed by atoms with van der Waals surface area (Å²) in [6.07, 6.45) is 1.03. The van der Waals surface area contributed by atoms with Gasteiger partial charge in [-0.2, -0.15) is 0 Å². The van der Waals surface area contributed by atoms with Gasteiger partial charge in [0.15, 0.2) is 11.5 Å². The van der Waals surface area contributed by atoms with E-state index < -0.39 is 0 Å². The molecule has 2 unspecified atom stereocenters. The summed E-state index contributed by atoms with van der Waals surface area (Å²) in [6, 6.07) is 5.29. The molecular weight excluding hydrogens is 256 g/mol. The summed E-state index contributed by atoms with van der Waals surface area (Å²) < 4.78 is 10.7. The maximum atomic E-state index is 12.2. The third-order valence-electron chi connectivity index (χ3n) is 3.55. The van der Waals surface area contributed by atoms with Crippen LogP contribution in [0.2, 0.25) is 0 Å². The van der Waals surface area contributed by atoms with Crippen LogP contribution in [0.25, 0.3) is 0 Å². The molecule has 0 saturated carbocycles.